The van der Waals surface area contributed by atoms with Crippen LogP contribution in [0.3, 0.4) is 0 Å². The minimum absolute atomic E-state index is 0.00324. The highest BCUT2D eigenvalue weighted by Crippen LogP contribution is 2.30. The van der Waals surface area contributed by atoms with Gasteiger partial charge in [-0.1, -0.05) is 12.1 Å². The third kappa shape index (κ3) is 5.75. The normalized spacial score (nSPS) is 19.3. The Balaban J connectivity index is 1.15. The van der Waals surface area contributed by atoms with Crippen molar-refractivity contribution < 1.29 is 14.6 Å². The zero-order valence-electron chi connectivity index (χ0n) is 19.9. The number of aliphatic hydroxyl groups is 1. The van der Waals surface area contributed by atoms with Gasteiger partial charge in [0.25, 0.3) is 0 Å². The Morgan fingerprint density at radius 2 is 2.26 bits per heavy atom. The summed E-state index contributed by atoms with van der Waals surface area (Å²) in [4.78, 5) is 24.1. The quantitative estimate of drug-likeness (QED) is 0.440. The number of nitrogens with one attached hydrogen (secondary N) is 2. The number of ether oxygens (including phenoxy) is 1. The summed E-state index contributed by atoms with van der Waals surface area (Å²) in [5.41, 5.74) is 2.67. The predicted molar refractivity (Wildman–Crippen MR) is 138 cm³/mol. The van der Waals surface area contributed by atoms with Gasteiger partial charge in [0.05, 0.1) is 41.3 Å². The van der Waals surface area contributed by atoms with Crippen LogP contribution >= 0.6 is 11.8 Å². The SMILES string of the molecule is COc1cnc2cccc(C(O)CN3CCCC(CNCc4ccc5c(n4)NC(=O)CS5)C3)c2c1. The summed E-state index contributed by atoms with van der Waals surface area (Å²) in [6, 6.07) is 11.9. The molecule has 0 radical (unpaired) electrons. The molecule has 2 unspecified atom stereocenters. The summed E-state index contributed by atoms with van der Waals surface area (Å²) in [6.45, 7) is 4.08. The molecule has 1 amide bonds. The van der Waals surface area contributed by atoms with E-state index in [0.29, 0.717) is 36.3 Å². The van der Waals surface area contributed by atoms with E-state index in [9.17, 15) is 9.90 Å². The summed E-state index contributed by atoms with van der Waals surface area (Å²) < 4.78 is 5.34. The van der Waals surface area contributed by atoms with E-state index < -0.39 is 6.10 Å². The number of pyridine rings is 2. The number of benzene rings is 1. The molecule has 5 rings (SSSR count). The van der Waals surface area contributed by atoms with Gasteiger partial charge >= 0.3 is 0 Å². The third-order valence-corrected chi connectivity index (χ3v) is 7.68. The van der Waals surface area contributed by atoms with Gasteiger partial charge in [0.2, 0.25) is 5.91 Å². The van der Waals surface area contributed by atoms with E-state index >= 15 is 0 Å². The van der Waals surface area contributed by atoms with Crippen LogP contribution in [0.4, 0.5) is 5.82 Å². The maximum Gasteiger partial charge on any atom is 0.235 e. The van der Waals surface area contributed by atoms with Crippen molar-refractivity contribution in [3.8, 4) is 5.75 Å². The van der Waals surface area contributed by atoms with Crippen LogP contribution in [0.1, 0.15) is 30.2 Å². The van der Waals surface area contributed by atoms with Crippen molar-refractivity contribution in [1.29, 1.82) is 0 Å². The van der Waals surface area contributed by atoms with Gasteiger partial charge in [-0.2, -0.15) is 0 Å². The highest BCUT2D eigenvalue weighted by Gasteiger charge is 2.23. The van der Waals surface area contributed by atoms with Crippen molar-refractivity contribution in [1.82, 2.24) is 20.2 Å². The Morgan fingerprint density at radius 3 is 3.14 bits per heavy atom. The number of β-amino-alcohol motifs (C(OH)–C–C–N with tert-alkyl or cyclic N) is 1. The fraction of sp³-hybridized carbons (Fsp3) is 0.423. The van der Waals surface area contributed by atoms with Gasteiger partial charge in [-0.3, -0.25) is 9.78 Å². The van der Waals surface area contributed by atoms with Gasteiger partial charge in [0, 0.05) is 25.0 Å². The first-order valence-electron chi connectivity index (χ1n) is 12.1. The van der Waals surface area contributed by atoms with Crippen molar-refractivity contribution in [3.05, 3.63) is 53.9 Å². The van der Waals surface area contributed by atoms with E-state index in [-0.39, 0.29) is 5.91 Å². The molecule has 2 aliphatic heterocycles. The Morgan fingerprint density at radius 1 is 1.34 bits per heavy atom. The number of amides is 1. The smallest absolute Gasteiger partial charge is 0.235 e. The van der Waals surface area contributed by atoms with Crippen molar-refractivity contribution >= 4 is 34.4 Å². The van der Waals surface area contributed by atoms with E-state index in [2.05, 4.69) is 25.5 Å². The number of anilines is 1. The number of aromatic nitrogens is 2. The van der Waals surface area contributed by atoms with Crippen LogP contribution in [0.5, 0.6) is 5.75 Å². The summed E-state index contributed by atoms with van der Waals surface area (Å²) in [7, 11) is 1.63. The first kappa shape index (κ1) is 24.0. The number of likely N-dealkylation sites (tertiary alicyclic amines) is 1. The van der Waals surface area contributed by atoms with Gasteiger partial charge in [-0.05, 0) is 61.7 Å². The Labute approximate surface area is 209 Å². The molecule has 4 heterocycles. The maximum absolute atomic E-state index is 11.6. The summed E-state index contributed by atoms with van der Waals surface area (Å²) in [5, 5.41) is 18.4. The van der Waals surface area contributed by atoms with Crippen molar-refractivity contribution in [2.24, 2.45) is 5.92 Å². The van der Waals surface area contributed by atoms with Crippen LogP contribution in [-0.4, -0.2) is 64.9 Å². The molecule has 1 saturated heterocycles. The fourth-order valence-corrected chi connectivity index (χ4v) is 5.65. The lowest BCUT2D eigenvalue weighted by atomic mass is 9.96. The van der Waals surface area contributed by atoms with Crippen LogP contribution in [0.25, 0.3) is 10.9 Å². The molecule has 0 aliphatic carbocycles. The lowest BCUT2D eigenvalue weighted by Gasteiger charge is -2.34. The van der Waals surface area contributed by atoms with Crippen molar-refractivity contribution in [2.75, 3.05) is 44.4 Å². The fourth-order valence-electron chi connectivity index (χ4n) is 4.89. The summed E-state index contributed by atoms with van der Waals surface area (Å²) in [6.07, 6.45) is 3.39. The maximum atomic E-state index is 11.6. The van der Waals surface area contributed by atoms with Crippen LogP contribution in [0, 0.1) is 5.92 Å². The zero-order chi connectivity index (χ0) is 24.2. The first-order valence-corrected chi connectivity index (χ1v) is 13.0. The minimum atomic E-state index is -0.591. The van der Waals surface area contributed by atoms with Crippen LogP contribution in [-0.2, 0) is 11.3 Å². The number of nitrogens with zero attached hydrogens (tertiary/aromatic N) is 3. The predicted octanol–water partition coefficient (Wildman–Crippen LogP) is 3.22. The monoisotopic (exact) mass is 493 g/mol. The molecule has 2 aliphatic rings. The Bertz CT molecular complexity index is 1210. The van der Waals surface area contributed by atoms with Crippen LogP contribution < -0.4 is 15.4 Å². The highest BCUT2D eigenvalue weighted by atomic mass is 32.2. The van der Waals surface area contributed by atoms with Crippen LogP contribution in [0.15, 0.2) is 47.5 Å². The molecule has 8 nitrogen and oxygen atoms in total. The van der Waals surface area contributed by atoms with E-state index in [0.717, 1.165) is 53.1 Å². The largest absolute Gasteiger partial charge is 0.495 e. The minimum Gasteiger partial charge on any atom is -0.495 e. The van der Waals surface area contributed by atoms with Gasteiger partial charge in [0.1, 0.15) is 11.6 Å². The molecule has 0 bridgehead atoms. The number of hydrogen-bond donors (Lipinski definition) is 3. The molecule has 2 aromatic heterocycles. The molecular formula is C26H31N5O3S. The van der Waals surface area contributed by atoms with Crippen LogP contribution in [0.2, 0.25) is 0 Å². The molecular weight excluding hydrogens is 462 g/mol. The van der Waals surface area contributed by atoms with Gasteiger partial charge in [-0.15, -0.1) is 11.8 Å². The van der Waals surface area contributed by atoms with Gasteiger partial charge in [0.15, 0.2) is 0 Å². The molecule has 9 heteroatoms. The van der Waals surface area contributed by atoms with E-state index in [1.54, 1.807) is 13.3 Å². The number of methoxy groups -OCH3 is 1. The first-order chi connectivity index (χ1) is 17.1. The van der Waals surface area contributed by atoms with Crippen molar-refractivity contribution in [3.63, 3.8) is 0 Å². The van der Waals surface area contributed by atoms with Gasteiger partial charge in [-0.25, -0.2) is 4.98 Å². The number of rotatable bonds is 8. The van der Waals surface area contributed by atoms with E-state index in [1.807, 2.05) is 36.4 Å². The summed E-state index contributed by atoms with van der Waals surface area (Å²) in [5.74, 6) is 2.33. The number of fused-ring (bicyclic) bond motifs is 2. The molecule has 0 spiro atoms. The second-order valence-corrected chi connectivity index (χ2v) is 10.2. The number of carbonyl (C=O) groups excluding carboxylic acids is 1. The zero-order valence-corrected chi connectivity index (χ0v) is 20.7. The van der Waals surface area contributed by atoms with Gasteiger partial charge < -0.3 is 25.4 Å². The Kier molecular flexibility index (Phi) is 7.48. The molecule has 1 aromatic carbocycles. The molecule has 1 fully saturated rings. The summed E-state index contributed by atoms with van der Waals surface area (Å²) >= 11 is 1.53. The number of thioether (sulfide) groups is 1. The molecule has 184 valence electrons. The topological polar surface area (TPSA) is 99.6 Å². The number of hydrogen-bond acceptors (Lipinski definition) is 8. The van der Waals surface area contributed by atoms with E-state index in [4.69, 9.17) is 4.74 Å². The average molecular weight is 494 g/mol. The standard InChI is InChI=1S/C26H31N5O3S/c1-34-19-10-21-20(5-2-6-22(21)28-13-19)23(32)15-31-9-3-4-17(14-31)11-27-12-18-7-8-24-26(29-18)30-25(33)16-35-24/h2,5-8,10,13,17,23,27,32H,3-4,9,11-12,14-16H2,1H3,(H,29,30,33). The van der Waals surface area contributed by atoms with Crippen molar-refractivity contribution in [2.45, 2.75) is 30.4 Å². The molecule has 3 aromatic rings. The second kappa shape index (κ2) is 10.9. The molecule has 2 atom stereocenters. The van der Waals surface area contributed by atoms with E-state index in [1.165, 1.54) is 18.2 Å². The molecule has 3 N–H and O–H groups in total. The molecule has 0 saturated carbocycles. The number of carbonyl (C=O) groups is 1. The highest BCUT2D eigenvalue weighted by molar-refractivity contribution is 8.00. The average Bonchev–Trinajstić information content (AvgIpc) is 2.88. The number of piperidine rings is 1. The number of aliphatic hydroxyl groups excluding tert-OH is 1. The lowest BCUT2D eigenvalue weighted by Crippen LogP contribution is -2.41. The lowest BCUT2D eigenvalue weighted by molar-refractivity contribution is -0.113. The Hall–Kier alpha value is -2.72. The second-order valence-electron chi connectivity index (χ2n) is 9.19. The molecule has 35 heavy (non-hydrogen) atoms. The third-order valence-electron chi connectivity index (χ3n) is 6.63.